The lowest BCUT2D eigenvalue weighted by Gasteiger charge is -2.20. The molecule has 1 saturated heterocycles. The number of carbonyl (C=O) groups is 3. The van der Waals surface area contributed by atoms with Gasteiger partial charge >= 0.3 is 0 Å². The molecule has 11 heteroatoms. The maximum atomic E-state index is 12.9. The first-order valence-corrected chi connectivity index (χ1v) is 11.5. The summed E-state index contributed by atoms with van der Waals surface area (Å²) < 4.78 is 0. The number of halogens is 2. The van der Waals surface area contributed by atoms with Gasteiger partial charge in [0.25, 0.3) is 11.8 Å². The molecule has 180 valence electrons. The number of nitrogens with zero attached hydrogens (tertiary/aromatic N) is 2. The number of hydrogen-bond acceptors (Lipinski definition) is 5. The Morgan fingerprint density at radius 1 is 1.09 bits per heavy atom. The van der Waals surface area contributed by atoms with Crippen molar-refractivity contribution in [3.63, 3.8) is 0 Å². The zero-order chi connectivity index (χ0) is 24.9. The van der Waals surface area contributed by atoms with Crippen molar-refractivity contribution in [2.45, 2.75) is 12.5 Å². The Morgan fingerprint density at radius 2 is 1.83 bits per heavy atom. The van der Waals surface area contributed by atoms with E-state index in [1.165, 1.54) is 12.3 Å². The van der Waals surface area contributed by atoms with Crippen LogP contribution in [0.25, 0.3) is 0 Å². The zero-order valence-electron chi connectivity index (χ0n) is 18.5. The van der Waals surface area contributed by atoms with Gasteiger partial charge in [0, 0.05) is 36.7 Å². The number of hydrogen-bond donors (Lipinski definition) is 4. The lowest BCUT2D eigenvalue weighted by Crippen LogP contribution is -2.37. The maximum Gasteiger partial charge on any atom is 0.274 e. The molecule has 2 heterocycles. The number of benzene rings is 2. The van der Waals surface area contributed by atoms with E-state index in [1.807, 2.05) is 18.2 Å². The molecule has 0 aliphatic carbocycles. The molecule has 0 unspecified atom stereocenters. The SMILES string of the molecule is C=CC(=O)Nc1cccc(N2CC[C@H](NC(=O)c3n[nH]cc3NC(=O)c3c(Cl)cccc3Cl)C2)c1. The van der Waals surface area contributed by atoms with Crippen LogP contribution in [0.4, 0.5) is 17.1 Å². The van der Waals surface area contributed by atoms with E-state index < -0.39 is 11.8 Å². The van der Waals surface area contributed by atoms with Gasteiger partial charge in [0.2, 0.25) is 5.91 Å². The highest BCUT2D eigenvalue weighted by molar-refractivity contribution is 6.40. The van der Waals surface area contributed by atoms with Crippen LogP contribution in [0.15, 0.2) is 61.3 Å². The number of aromatic nitrogens is 2. The average Bonchev–Trinajstić information content (AvgIpc) is 3.49. The minimum atomic E-state index is -0.550. The first kappa shape index (κ1) is 24.3. The maximum absolute atomic E-state index is 12.9. The van der Waals surface area contributed by atoms with Crippen molar-refractivity contribution in [3.8, 4) is 0 Å². The lowest BCUT2D eigenvalue weighted by molar-refractivity contribution is -0.111. The largest absolute Gasteiger partial charge is 0.369 e. The van der Waals surface area contributed by atoms with Gasteiger partial charge in [-0.25, -0.2) is 0 Å². The van der Waals surface area contributed by atoms with Gasteiger partial charge in [-0.1, -0.05) is 41.9 Å². The molecule has 9 nitrogen and oxygen atoms in total. The van der Waals surface area contributed by atoms with Gasteiger partial charge in [-0.15, -0.1) is 0 Å². The molecule has 4 rings (SSSR count). The highest BCUT2D eigenvalue weighted by atomic mass is 35.5. The Bertz CT molecular complexity index is 1270. The lowest BCUT2D eigenvalue weighted by atomic mass is 10.2. The molecular formula is C24H22Cl2N6O3. The van der Waals surface area contributed by atoms with E-state index in [0.29, 0.717) is 12.2 Å². The standard InChI is InChI=1S/C24H22Cl2N6O3/c1-2-20(33)28-14-5-3-6-16(11-14)32-10-9-15(13-32)29-24(35)22-19(12-27-31-22)30-23(34)21-17(25)7-4-8-18(21)26/h2-8,11-12,15H,1,9-10,13H2,(H,27,31)(H,28,33)(H,29,35)(H,30,34)/t15-/m0/s1. The highest BCUT2D eigenvalue weighted by Gasteiger charge is 2.27. The van der Waals surface area contributed by atoms with Crippen LogP contribution in [-0.2, 0) is 4.79 Å². The van der Waals surface area contributed by atoms with Gasteiger partial charge in [0.15, 0.2) is 5.69 Å². The number of anilines is 3. The molecule has 2 aromatic carbocycles. The average molecular weight is 513 g/mol. The van der Waals surface area contributed by atoms with Crippen LogP contribution in [0, 0.1) is 0 Å². The minimum Gasteiger partial charge on any atom is -0.369 e. The smallest absolute Gasteiger partial charge is 0.274 e. The molecule has 0 saturated carbocycles. The van der Waals surface area contributed by atoms with Crippen LogP contribution in [-0.4, -0.2) is 47.1 Å². The number of aromatic amines is 1. The van der Waals surface area contributed by atoms with E-state index in [4.69, 9.17) is 23.2 Å². The number of rotatable bonds is 7. The summed E-state index contributed by atoms with van der Waals surface area (Å²) in [7, 11) is 0. The number of H-pyrrole nitrogens is 1. The van der Waals surface area contributed by atoms with Crippen molar-refractivity contribution in [1.29, 1.82) is 0 Å². The van der Waals surface area contributed by atoms with Gasteiger partial charge in [0.1, 0.15) is 0 Å². The zero-order valence-corrected chi connectivity index (χ0v) is 20.0. The second-order valence-electron chi connectivity index (χ2n) is 7.85. The van der Waals surface area contributed by atoms with Crippen molar-refractivity contribution >= 4 is 58.0 Å². The number of amides is 3. The van der Waals surface area contributed by atoms with E-state index in [-0.39, 0.29) is 38.9 Å². The molecule has 4 N–H and O–H groups in total. The summed E-state index contributed by atoms with van der Waals surface area (Å²) in [6.07, 6.45) is 3.35. The van der Waals surface area contributed by atoms with E-state index in [1.54, 1.807) is 24.3 Å². The topological polar surface area (TPSA) is 119 Å². The highest BCUT2D eigenvalue weighted by Crippen LogP contribution is 2.26. The Labute approximate surface area is 211 Å². The van der Waals surface area contributed by atoms with E-state index in [2.05, 4.69) is 37.6 Å². The third kappa shape index (κ3) is 5.64. The molecule has 0 bridgehead atoms. The Balaban J connectivity index is 1.39. The predicted molar refractivity (Wildman–Crippen MR) is 136 cm³/mol. The molecule has 0 radical (unpaired) electrons. The third-order valence-electron chi connectivity index (χ3n) is 5.48. The van der Waals surface area contributed by atoms with Gasteiger partial charge in [0.05, 0.1) is 21.3 Å². The van der Waals surface area contributed by atoms with E-state index in [9.17, 15) is 14.4 Å². The van der Waals surface area contributed by atoms with Crippen LogP contribution < -0.4 is 20.9 Å². The molecule has 3 aromatic rings. The van der Waals surface area contributed by atoms with Crippen molar-refractivity contribution in [1.82, 2.24) is 15.5 Å². The monoisotopic (exact) mass is 512 g/mol. The molecule has 1 aromatic heterocycles. The fourth-order valence-corrected chi connectivity index (χ4v) is 4.37. The fourth-order valence-electron chi connectivity index (χ4n) is 3.80. The van der Waals surface area contributed by atoms with Crippen LogP contribution in [0.1, 0.15) is 27.3 Å². The molecule has 1 atom stereocenters. The van der Waals surface area contributed by atoms with Gasteiger partial charge in [-0.3, -0.25) is 19.5 Å². The molecule has 1 aliphatic rings. The third-order valence-corrected chi connectivity index (χ3v) is 6.11. The Hall–Kier alpha value is -3.82. The summed E-state index contributed by atoms with van der Waals surface area (Å²) in [4.78, 5) is 39.3. The van der Waals surface area contributed by atoms with Crippen molar-refractivity contribution in [3.05, 3.63) is 82.6 Å². The van der Waals surface area contributed by atoms with Crippen LogP contribution in [0.2, 0.25) is 10.0 Å². The van der Waals surface area contributed by atoms with Crippen molar-refractivity contribution in [2.24, 2.45) is 0 Å². The van der Waals surface area contributed by atoms with Gasteiger partial charge < -0.3 is 20.9 Å². The van der Waals surface area contributed by atoms with E-state index in [0.717, 1.165) is 18.7 Å². The number of carbonyl (C=O) groups excluding carboxylic acids is 3. The van der Waals surface area contributed by atoms with Gasteiger partial charge in [-0.05, 0) is 42.8 Å². The summed E-state index contributed by atoms with van der Waals surface area (Å²) in [5.74, 6) is -1.26. The van der Waals surface area contributed by atoms with Crippen LogP contribution >= 0.6 is 23.2 Å². The second-order valence-corrected chi connectivity index (χ2v) is 8.66. The summed E-state index contributed by atoms with van der Waals surface area (Å²) in [6, 6.07) is 12.1. The number of nitrogens with one attached hydrogen (secondary N) is 4. The molecule has 1 fully saturated rings. The van der Waals surface area contributed by atoms with Crippen molar-refractivity contribution in [2.75, 3.05) is 28.6 Å². The molecule has 3 amide bonds. The van der Waals surface area contributed by atoms with Crippen LogP contribution in [0.3, 0.4) is 0 Å². The second kappa shape index (κ2) is 10.6. The first-order chi connectivity index (χ1) is 16.9. The first-order valence-electron chi connectivity index (χ1n) is 10.7. The molecule has 0 spiro atoms. The van der Waals surface area contributed by atoms with E-state index >= 15 is 0 Å². The minimum absolute atomic E-state index is 0.0501. The fraction of sp³-hybridized carbons (Fsp3) is 0.167. The molecule has 1 aliphatic heterocycles. The van der Waals surface area contributed by atoms with Crippen molar-refractivity contribution < 1.29 is 14.4 Å². The normalized spacial score (nSPS) is 14.9. The molecule has 35 heavy (non-hydrogen) atoms. The summed E-state index contributed by atoms with van der Waals surface area (Å²) in [6.45, 7) is 4.75. The quantitative estimate of drug-likeness (QED) is 0.355. The Kier molecular flexibility index (Phi) is 7.38. The Morgan fingerprint density at radius 3 is 2.57 bits per heavy atom. The predicted octanol–water partition coefficient (Wildman–Crippen LogP) is 4.10. The van der Waals surface area contributed by atoms with Crippen LogP contribution in [0.5, 0.6) is 0 Å². The summed E-state index contributed by atoms with van der Waals surface area (Å²) in [5.41, 5.74) is 1.96. The van der Waals surface area contributed by atoms with Gasteiger partial charge in [-0.2, -0.15) is 5.10 Å². The summed E-state index contributed by atoms with van der Waals surface area (Å²) in [5, 5.41) is 15.3. The molecular weight excluding hydrogens is 491 g/mol. The summed E-state index contributed by atoms with van der Waals surface area (Å²) >= 11 is 12.2.